The third kappa shape index (κ3) is 46.1. The van der Waals surface area contributed by atoms with Crippen molar-refractivity contribution < 1.29 is 14.4 Å². The molecule has 0 rings (SSSR count). The highest BCUT2D eigenvalue weighted by atomic mass is 16.4. The van der Waals surface area contributed by atoms with E-state index in [-0.39, 0.29) is 6.42 Å². The van der Waals surface area contributed by atoms with Gasteiger partial charge in [0.25, 0.3) is 0 Å². The van der Waals surface area contributed by atoms with Crippen LogP contribution in [0.25, 0.3) is 0 Å². The molecule has 0 saturated carbocycles. The van der Waals surface area contributed by atoms with Gasteiger partial charge in [-0.15, -0.1) is 0 Å². The van der Waals surface area contributed by atoms with Crippen molar-refractivity contribution in [2.45, 2.75) is 206 Å². The maximum Gasteiger partial charge on any atom is 0.0780 e. The minimum Gasteiger partial charge on any atom is -0.550 e. The Bertz CT molecular complexity index is 537. The minimum atomic E-state index is -0.914. The largest absolute Gasteiger partial charge is 0.550 e. The van der Waals surface area contributed by atoms with Gasteiger partial charge in [-0.25, -0.2) is 0 Å². The van der Waals surface area contributed by atoms with Gasteiger partial charge in [-0.1, -0.05) is 167 Å². The first-order valence-electron chi connectivity index (χ1n) is 19.0. The smallest absolute Gasteiger partial charge is 0.0780 e. The third-order valence-electron chi connectivity index (χ3n) is 8.33. The number of unbranched alkanes of at least 4 members (excludes halogenated alkanes) is 26. The van der Waals surface area contributed by atoms with Crippen molar-refractivity contribution in [3.8, 4) is 0 Å². The Labute approximate surface area is 266 Å². The fraction of sp³-hybridized carbons (Fsp3) is 0.923. The molecule has 0 radical (unpaired) electrons. The van der Waals surface area contributed by atoms with E-state index < -0.39 is 5.97 Å². The number of quaternary nitrogens is 1. The molecule has 42 heavy (non-hydrogen) atoms. The molecule has 0 N–H and O–H groups in total. The number of carboxylic acid groups (broad SMARTS) is 1. The Kier molecular flexibility index (Phi) is 37.5. The highest BCUT2D eigenvalue weighted by molar-refractivity contribution is 5.64. The van der Waals surface area contributed by atoms with Crippen LogP contribution in [-0.2, 0) is 4.79 Å². The van der Waals surface area contributed by atoms with Crippen LogP contribution in [-0.4, -0.2) is 38.1 Å². The number of carbonyl (C=O) groups is 1. The van der Waals surface area contributed by atoms with Crippen LogP contribution in [0, 0.1) is 0 Å². The van der Waals surface area contributed by atoms with Gasteiger partial charge in [0.1, 0.15) is 0 Å². The summed E-state index contributed by atoms with van der Waals surface area (Å²) in [6, 6.07) is 0. The summed E-state index contributed by atoms with van der Waals surface area (Å²) in [4.78, 5) is 10.2. The lowest BCUT2D eigenvalue weighted by atomic mass is 10.0. The molecule has 0 amide bonds. The van der Waals surface area contributed by atoms with Crippen LogP contribution in [0.2, 0.25) is 0 Å². The number of rotatable bonds is 32. The van der Waals surface area contributed by atoms with Gasteiger partial charge in [0.15, 0.2) is 0 Å². The number of hydrogen-bond donors (Lipinski definition) is 0. The van der Waals surface area contributed by atoms with Gasteiger partial charge in [-0.2, -0.15) is 0 Å². The summed E-state index contributed by atoms with van der Waals surface area (Å²) in [5.74, 6) is -0.914. The molecule has 0 aliphatic rings. The van der Waals surface area contributed by atoms with Crippen molar-refractivity contribution in [1.29, 1.82) is 0 Å². The molecule has 3 nitrogen and oxygen atoms in total. The van der Waals surface area contributed by atoms with E-state index in [1.54, 1.807) is 0 Å². The number of hydrogen-bond acceptors (Lipinski definition) is 2. The lowest BCUT2D eigenvalue weighted by Crippen LogP contribution is -2.35. The lowest BCUT2D eigenvalue weighted by Gasteiger charge is -2.23. The van der Waals surface area contributed by atoms with E-state index in [0.717, 1.165) is 23.7 Å². The molecule has 0 atom stereocenters. The van der Waals surface area contributed by atoms with Crippen LogP contribution in [0.5, 0.6) is 0 Å². The zero-order valence-electron chi connectivity index (χ0n) is 29.8. The standard InChI is InChI=1S/C21H46N.C18H34O2/c1-5-6-7-8-9-10-11-12-13-14-15-16-17-18-19-20-21-22(2,3)4;1-2-3-4-5-6-7-8-9-10-11-12-13-14-15-16-17-18(19)20/h5-21H2,1-4H3;9-10H,2-8,11-17H2,1H3,(H,19,20)/q+1;/p-1/b;10-9-. The number of carbonyl (C=O) groups excluding carboxylic acids is 1. The molecule has 0 aromatic heterocycles. The number of carboxylic acids is 1. The average Bonchev–Trinajstić information content (AvgIpc) is 2.94. The van der Waals surface area contributed by atoms with Gasteiger partial charge in [0, 0.05) is 5.97 Å². The Morgan fingerprint density at radius 1 is 0.452 bits per heavy atom. The number of aliphatic carboxylic acids is 1. The van der Waals surface area contributed by atoms with Crippen LogP contribution in [0.4, 0.5) is 0 Å². The van der Waals surface area contributed by atoms with Crippen LogP contribution < -0.4 is 5.11 Å². The van der Waals surface area contributed by atoms with Gasteiger partial charge in [-0.3, -0.25) is 0 Å². The quantitative estimate of drug-likeness (QED) is 0.0442. The van der Waals surface area contributed by atoms with E-state index in [1.165, 1.54) is 173 Å². The van der Waals surface area contributed by atoms with E-state index >= 15 is 0 Å². The predicted molar refractivity (Wildman–Crippen MR) is 187 cm³/mol. The highest BCUT2D eigenvalue weighted by Crippen LogP contribution is 2.14. The van der Waals surface area contributed by atoms with E-state index in [2.05, 4.69) is 47.1 Å². The first-order valence-corrected chi connectivity index (χ1v) is 19.0. The fourth-order valence-corrected chi connectivity index (χ4v) is 5.47. The molecule has 0 saturated heterocycles. The molecule has 0 unspecified atom stereocenters. The van der Waals surface area contributed by atoms with Crippen LogP contribution in [0.1, 0.15) is 206 Å². The summed E-state index contributed by atoms with van der Waals surface area (Å²) >= 11 is 0. The van der Waals surface area contributed by atoms with Crippen molar-refractivity contribution in [3.05, 3.63) is 12.2 Å². The molecule has 0 aliphatic carbocycles. The molecule has 0 heterocycles. The molecule has 0 bridgehead atoms. The van der Waals surface area contributed by atoms with Crippen molar-refractivity contribution in [3.63, 3.8) is 0 Å². The topological polar surface area (TPSA) is 40.1 Å². The minimum absolute atomic E-state index is 0.220. The van der Waals surface area contributed by atoms with Crippen LogP contribution in [0.15, 0.2) is 12.2 Å². The van der Waals surface area contributed by atoms with E-state index in [9.17, 15) is 9.90 Å². The summed E-state index contributed by atoms with van der Waals surface area (Å²) < 4.78 is 1.12. The first kappa shape index (κ1) is 43.3. The molecule has 0 fully saturated rings. The Hall–Kier alpha value is -0.830. The first-order chi connectivity index (χ1) is 20.3. The number of nitrogens with zero attached hydrogens (tertiary/aromatic N) is 1. The molecule has 3 heteroatoms. The van der Waals surface area contributed by atoms with Gasteiger partial charge in [-0.05, 0) is 51.4 Å². The molecule has 0 aliphatic heterocycles. The van der Waals surface area contributed by atoms with Gasteiger partial charge in [0.05, 0.1) is 27.7 Å². The summed E-state index contributed by atoms with van der Waals surface area (Å²) in [6.45, 7) is 5.88. The van der Waals surface area contributed by atoms with Crippen LogP contribution in [0.3, 0.4) is 0 Å². The monoisotopic (exact) mass is 594 g/mol. The van der Waals surface area contributed by atoms with Crippen molar-refractivity contribution in [2.24, 2.45) is 0 Å². The molecular formula is C39H79NO2. The summed E-state index contributed by atoms with van der Waals surface area (Å²) in [6.07, 6.45) is 44.3. The van der Waals surface area contributed by atoms with Gasteiger partial charge < -0.3 is 14.4 Å². The molecule has 252 valence electrons. The van der Waals surface area contributed by atoms with E-state index in [4.69, 9.17) is 0 Å². The highest BCUT2D eigenvalue weighted by Gasteiger charge is 2.05. The van der Waals surface area contributed by atoms with Gasteiger partial charge >= 0.3 is 0 Å². The summed E-state index contributed by atoms with van der Waals surface area (Å²) in [7, 11) is 6.89. The maximum atomic E-state index is 10.2. The SMILES string of the molecule is CCCCCCCC/C=C\CCCCCCCC(=O)[O-].CCCCCCCCCCCCCCCCCC[N+](C)(C)C. The third-order valence-corrected chi connectivity index (χ3v) is 8.33. The Balaban J connectivity index is 0. The Morgan fingerprint density at radius 2 is 0.738 bits per heavy atom. The fourth-order valence-electron chi connectivity index (χ4n) is 5.47. The number of allylic oxidation sites excluding steroid dienone is 2. The van der Waals surface area contributed by atoms with Crippen LogP contribution >= 0.6 is 0 Å². The average molecular weight is 594 g/mol. The van der Waals surface area contributed by atoms with E-state index in [0.29, 0.717) is 0 Å². The van der Waals surface area contributed by atoms with E-state index in [1.807, 2.05) is 0 Å². The van der Waals surface area contributed by atoms with Crippen molar-refractivity contribution in [2.75, 3.05) is 27.7 Å². The second-order valence-electron chi connectivity index (χ2n) is 14.0. The zero-order chi connectivity index (χ0) is 31.4. The van der Waals surface area contributed by atoms with Crippen molar-refractivity contribution >= 4 is 5.97 Å². The Morgan fingerprint density at radius 3 is 1.05 bits per heavy atom. The normalized spacial score (nSPS) is 11.6. The zero-order valence-corrected chi connectivity index (χ0v) is 29.8. The second-order valence-corrected chi connectivity index (χ2v) is 14.0. The predicted octanol–water partition coefficient (Wildman–Crippen LogP) is 11.7. The summed E-state index contributed by atoms with van der Waals surface area (Å²) in [5.41, 5.74) is 0. The molecule has 0 aromatic carbocycles. The van der Waals surface area contributed by atoms with Crippen molar-refractivity contribution in [1.82, 2.24) is 0 Å². The molecule has 0 spiro atoms. The second kappa shape index (κ2) is 36.4. The maximum absolute atomic E-state index is 10.2. The molecule has 0 aromatic rings. The lowest BCUT2D eigenvalue weighted by molar-refractivity contribution is -0.870. The van der Waals surface area contributed by atoms with Gasteiger partial charge in [0.2, 0.25) is 0 Å². The summed E-state index contributed by atoms with van der Waals surface area (Å²) in [5, 5.41) is 10.2. The molecular weight excluding hydrogens is 514 g/mol.